The Hall–Kier alpha value is -0.680. The van der Waals surface area contributed by atoms with E-state index in [1.807, 2.05) is 6.92 Å². The standard InChI is InChI=1S/C10H16FNO3/c1-7-4-15-3-2-9(7)5-12-6-10(9,11)8(13)14/h7,12H,2-6H2,1H3,(H,13,14). The molecule has 2 aliphatic rings. The molecule has 2 N–H and O–H groups in total. The number of hydrogen-bond donors (Lipinski definition) is 2. The topological polar surface area (TPSA) is 58.6 Å². The van der Waals surface area contributed by atoms with E-state index in [2.05, 4.69) is 5.32 Å². The zero-order valence-corrected chi connectivity index (χ0v) is 8.75. The molecular weight excluding hydrogens is 201 g/mol. The Kier molecular flexibility index (Phi) is 2.47. The maximum Gasteiger partial charge on any atom is 0.343 e. The van der Waals surface area contributed by atoms with Crippen molar-refractivity contribution in [3.63, 3.8) is 0 Å². The first-order valence-electron chi connectivity index (χ1n) is 5.24. The van der Waals surface area contributed by atoms with Crippen LogP contribution in [0.5, 0.6) is 0 Å². The molecule has 2 saturated heterocycles. The summed E-state index contributed by atoms with van der Waals surface area (Å²) in [6.45, 7) is 3.10. The van der Waals surface area contributed by atoms with Crippen molar-refractivity contribution in [2.24, 2.45) is 11.3 Å². The number of nitrogens with one attached hydrogen (secondary N) is 1. The number of rotatable bonds is 1. The summed E-state index contributed by atoms with van der Waals surface area (Å²) in [4.78, 5) is 11.1. The Bertz CT molecular complexity index is 286. The molecule has 2 aliphatic heterocycles. The first-order chi connectivity index (χ1) is 7.03. The van der Waals surface area contributed by atoms with Gasteiger partial charge >= 0.3 is 5.97 Å². The second-order valence-corrected chi connectivity index (χ2v) is 4.59. The summed E-state index contributed by atoms with van der Waals surface area (Å²) >= 11 is 0. The maximum absolute atomic E-state index is 14.5. The fourth-order valence-electron chi connectivity index (χ4n) is 2.83. The number of carboxylic acids is 1. The second-order valence-electron chi connectivity index (χ2n) is 4.59. The Morgan fingerprint density at radius 2 is 2.33 bits per heavy atom. The highest BCUT2D eigenvalue weighted by Gasteiger charge is 2.64. The summed E-state index contributed by atoms with van der Waals surface area (Å²) in [6, 6.07) is 0. The van der Waals surface area contributed by atoms with Gasteiger partial charge in [0.1, 0.15) is 0 Å². The average molecular weight is 217 g/mol. The zero-order chi connectivity index (χ0) is 11.1. The molecule has 0 amide bonds. The lowest BCUT2D eigenvalue weighted by atomic mass is 9.64. The number of hydrogen-bond acceptors (Lipinski definition) is 3. The quantitative estimate of drug-likeness (QED) is 0.668. The number of carbonyl (C=O) groups is 1. The number of aliphatic carboxylic acids is 1. The van der Waals surface area contributed by atoms with Crippen LogP contribution in [0.25, 0.3) is 0 Å². The molecule has 15 heavy (non-hydrogen) atoms. The van der Waals surface area contributed by atoms with E-state index in [4.69, 9.17) is 9.84 Å². The molecule has 0 bridgehead atoms. The summed E-state index contributed by atoms with van der Waals surface area (Å²) in [5.41, 5.74) is -2.94. The Morgan fingerprint density at radius 3 is 2.93 bits per heavy atom. The van der Waals surface area contributed by atoms with Crippen LogP contribution in [0.2, 0.25) is 0 Å². The first kappa shape index (κ1) is 10.8. The lowest BCUT2D eigenvalue weighted by Gasteiger charge is -2.44. The maximum atomic E-state index is 14.5. The van der Waals surface area contributed by atoms with Gasteiger partial charge in [0.2, 0.25) is 5.67 Å². The van der Waals surface area contributed by atoms with Gasteiger partial charge in [0.05, 0.1) is 0 Å². The molecule has 2 fully saturated rings. The van der Waals surface area contributed by atoms with Gasteiger partial charge in [-0.2, -0.15) is 0 Å². The summed E-state index contributed by atoms with van der Waals surface area (Å²) in [7, 11) is 0. The Balaban J connectivity index is 2.35. The summed E-state index contributed by atoms with van der Waals surface area (Å²) < 4.78 is 19.8. The van der Waals surface area contributed by atoms with Crippen LogP contribution in [0.3, 0.4) is 0 Å². The van der Waals surface area contributed by atoms with Crippen LogP contribution in [-0.2, 0) is 9.53 Å². The van der Waals surface area contributed by atoms with Crippen molar-refractivity contribution in [1.29, 1.82) is 0 Å². The Labute approximate surface area is 87.8 Å². The van der Waals surface area contributed by atoms with E-state index in [1.165, 1.54) is 0 Å². The average Bonchev–Trinajstić information content (AvgIpc) is 2.52. The lowest BCUT2D eigenvalue weighted by molar-refractivity contribution is -0.168. The van der Waals surface area contributed by atoms with Crippen molar-refractivity contribution in [3.05, 3.63) is 0 Å². The largest absolute Gasteiger partial charge is 0.479 e. The molecule has 0 saturated carbocycles. The van der Waals surface area contributed by atoms with Crippen molar-refractivity contribution < 1.29 is 19.0 Å². The fraction of sp³-hybridized carbons (Fsp3) is 0.900. The predicted octanol–water partition coefficient (Wildman–Crippen LogP) is 0.425. The lowest BCUT2D eigenvalue weighted by Crippen LogP contribution is -2.56. The molecule has 3 unspecified atom stereocenters. The molecule has 86 valence electrons. The third-order valence-corrected chi connectivity index (χ3v) is 3.94. The highest BCUT2D eigenvalue weighted by Crippen LogP contribution is 2.49. The molecule has 0 aromatic carbocycles. The fourth-order valence-corrected chi connectivity index (χ4v) is 2.83. The summed E-state index contributed by atoms with van der Waals surface area (Å²) in [5.74, 6) is -1.41. The van der Waals surface area contributed by atoms with E-state index in [0.717, 1.165) is 0 Å². The van der Waals surface area contributed by atoms with Gasteiger partial charge in [0.25, 0.3) is 0 Å². The second kappa shape index (κ2) is 3.42. The SMILES string of the molecule is CC1COCCC12CNCC2(F)C(=O)O. The highest BCUT2D eigenvalue weighted by atomic mass is 19.1. The molecule has 3 atom stereocenters. The third kappa shape index (κ3) is 1.29. The Morgan fingerprint density at radius 1 is 1.60 bits per heavy atom. The molecule has 0 aromatic rings. The molecule has 1 spiro atoms. The van der Waals surface area contributed by atoms with Crippen molar-refractivity contribution in [1.82, 2.24) is 5.32 Å². The van der Waals surface area contributed by atoms with E-state index in [0.29, 0.717) is 26.2 Å². The number of carboxylic acid groups (broad SMARTS) is 1. The van der Waals surface area contributed by atoms with Gasteiger partial charge in [-0.1, -0.05) is 6.92 Å². The van der Waals surface area contributed by atoms with Crippen LogP contribution in [0.15, 0.2) is 0 Å². The number of halogens is 1. The number of ether oxygens (including phenoxy) is 1. The van der Waals surface area contributed by atoms with Gasteiger partial charge in [0, 0.05) is 31.7 Å². The van der Waals surface area contributed by atoms with Crippen molar-refractivity contribution in [2.75, 3.05) is 26.3 Å². The predicted molar refractivity (Wildman–Crippen MR) is 51.4 cm³/mol. The molecule has 5 heteroatoms. The van der Waals surface area contributed by atoms with Crippen LogP contribution < -0.4 is 5.32 Å². The first-order valence-corrected chi connectivity index (χ1v) is 5.24. The summed E-state index contributed by atoms with van der Waals surface area (Å²) in [5, 5.41) is 11.9. The molecule has 0 radical (unpaired) electrons. The molecular formula is C10H16FNO3. The van der Waals surface area contributed by atoms with E-state index in [1.54, 1.807) is 0 Å². The minimum absolute atomic E-state index is 0.0673. The smallest absolute Gasteiger partial charge is 0.343 e. The van der Waals surface area contributed by atoms with E-state index < -0.39 is 17.1 Å². The van der Waals surface area contributed by atoms with Crippen molar-refractivity contribution >= 4 is 5.97 Å². The highest BCUT2D eigenvalue weighted by molar-refractivity contribution is 5.79. The van der Waals surface area contributed by atoms with Crippen molar-refractivity contribution in [3.8, 4) is 0 Å². The number of alkyl halides is 1. The van der Waals surface area contributed by atoms with E-state index in [-0.39, 0.29) is 12.5 Å². The third-order valence-electron chi connectivity index (χ3n) is 3.94. The molecule has 4 nitrogen and oxygen atoms in total. The van der Waals surface area contributed by atoms with Gasteiger partial charge in [-0.25, -0.2) is 9.18 Å². The molecule has 0 aliphatic carbocycles. The van der Waals surface area contributed by atoms with Gasteiger partial charge in [0.15, 0.2) is 0 Å². The van der Waals surface area contributed by atoms with Gasteiger partial charge in [-0.3, -0.25) is 0 Å². The monoisotopic (exact) mass is 217 g/mol. The molecule has 0 aromatic heterocycles. The van der Waals surface area contributed by atoms with Crippen LogP contribution in [-0.4, -0.2) is 43.0 Å². The minimum atomic E-state index is -2.14. The van der Waals surface area contributed by atoms with Gasteiger partial charge < -0.3 is 15.2 Å². The van der Waals surface area contributed by atoms with Crippen LogP contribution >= 0.6 is 0 Å². The van der Waals surface area contributed by atoms with Crippen LogP contribution in [0.1, 0.15) is 13.3 Å². The normalized spacial score (nSPS) is 45.9. The summed E-state index contributed by atoms with van der Waals surface area (Å²) in [6.07, 6.45) is 0.476. The van der Waals surface area contributed by atoms with Crippen molar-refractivity contribution in [2.45, 2.75) is 19.0 Å². The minimum Gasteiger partial charge on any atom is -0.479 e. The van der Waals surface area contributed by atoms with Crippen LogP contribution in [0, 0.1) is 11.3 Å². The van der Waals surface area contributed by atoms with Gasteiger partial charge in [-0.15, -0.1) is 0 Å². The molecule has 2 rings (SSSR count). The van der Waals surface area contributed by atoms with E-state index in [9.17, 15) is 9.18 Å². The molecule has 2 heterocycles. The van der Waals surface area contributed by atoms with E-state index >= 15 is 0 Å². The van der Waals surface area contributed by atoms with Gasteiger partial charge in [-0.05, 0) is 12.3 Å². The zero-order valence-electron chi connectivity index (χ0n) is 8.75. The van der Waals surface area contributed by atoms with Crippen LogP contribution in [0.4, 0.5) is 4.39 Å².